The summed E-state index contributed by atoms with van der Waals surface area (Å²) in [4.78, 5) is 11.5. The van der Waals surface area contributed by atoms with Gasteiger partial charge >= 0.3 is 0 Å². The number of hydrogen-bond donors (Lipinski definition) is 1. The lowest BCUT2D eigenvalue weighted by atomic mass is 9.73. The molecule has 2 bridgehead atoms. The molecule has 2 fully saturated rings. The minimum atomic E-state index is -0.669. The molecule has 0 spiro atoms. The molecule has 2 heterocycles. The summed E-state index contributed by atoms with van der Waals surface area (Å²) in [6, 6.07) is 0. The second-order valence-corrected chi connectivity index (χ2v) is 6.88. The summed E-state index contributed by atoms with van der Waals surface area (Å²) in [5.41, 5.74) is -1.04. The van der Waals surface area contributed by atoms with Gasteiger partial charge in [-0.05, 0) is 43.6 Å². The molecule has 4 aliphatic rings. The summed E-state index contributed by atoms with van der Waals surface area (Å²) in [6.07, 6.45) is 5.99. The molecule has 4 rings (SSSR count). The van der Waals surface area contributed by atoms with Gasteiger partial charge in [-0.1, -0.05) is 26.8 Å². The summed E-state index contributed by atoms with van der Waals surface area (Å²) in [5, 5.41) is 10.9. The Labute approximate surface area is 109 Å². The predicted molar refractivity (Wildman–Crippen MR) is 68.7 cm³/mol. The van der Waals surface area contributed by atoms with Crippen molar-refractivity contribution in [2.75, 3.05) is 0 Å². The fraction of sp³-hybridized carbons (Fsp3) is 0.867. The van der Waals surface area contributed by atoms with Gasteiger partial charge in [-0.2, -0.15) is 0 Å². The smallest absolute Gasteiger partial charge is 0.150 e. The monoisotopic (exact) mass is 252 g/mol. The van der Waals surface area contributed by atoms with Crippen molar-refractivity contribution in [3.8, 4) is 0 Å². The highest BCUT2D eigenvalue weighted by Crippen LogP contribution is 2.55. The third kappa shape index (κ3) is 1.41. The van der Waals surface area contributed by atoms with Crippen LogP contribution in [0.1, 0.15) is 40.5 Å². The molecule has 102 valence electrons. The third-order valence-electron chi connectivity index (χ3n) is 5.56. The molecular formula is C15H24O3. The van der Waals surface area contributed by atoms with Crippen molar-refractivity contribution in [2.45, 2.75) is 57.8 Å². The first kappa shape index (κ1) is 12.6. The quantitative estimate of drug-likeness (QED) is 0.576. The first-order chi connectivity index (χ1) is 8.41. The van der Waals surface area contributed by atoms with Gasteiger partial charge in [0.15, 0.2) is 0 Å². The molecule has 0 aromatic carbocycles. The molecular weight excluding hydrogens is 228 g/mol. The Bertz CT molecular complexity index is 378. The fourth-order valence-electron chi connectivity index (χ4n) is 4.20. The largest absolute Gasteiger partial charge is 0.389 e. The zero-order valence-corrected chi connectivity index (χ0v) is 11.7. The average Bonchev–Trinajstić information content (AvgIpc) is 2.64. The molecule has 18 heavy (non-hydrogen) atoms. The number of fused-ring (bicyclic) bond motifs is 1. The molecule has 0 aromatic heterocycles. The highest BCUT2D eigenvalue weighted by molar-refractivity contribution is 5.23. The van der Waals surface area contributed by atoms with E-state index in [1.54, 1.807) is 0 Å². The lowest BCUT2D eigenvalue weighted by Crippen LogP contribution is -2.51. The van der Waals surface area contributed by atoms with Crippen LogP contribution in [0.25, 0.3) is 0 Å². The van der Waals surface area contributed by atoms with Crippen LogP contribution in [0.4, 0.5) is 0 Å². The fourth-order valence-corrected chi connectivity index (χ4v) is 4.20. The number of aliphatic hydroxyl groups excluding tert-OH is 1. The Morgan fingerprint density at radius 1 is 1.22 bits per heavy atom. The van der Waals surface area contributed by atoms with Gasteiger partial charge in [-0.25, -0.2) is 9.78 Å². The zero-order valence-electron chi connectivity index (χ0n) is 11.7. The Kier molecular flexibility index (Phi) is 2.68. The molecule has 1 saturated heterocycles. The Hall–Kier alpha value is -0.380. The van der Waals surface area contributed by atoms with Crippen molar-refractivity contribution < 1.29 is 14.9 Å². The Morgan fingerprint density at radius 2 is 1.94 bits per heavy atom. The van der Waals surface area contributed by atoms with Crippen molar-refractivity contribution in [2.24, 2.45) is 23.7 Å². The molecule has 1 N–H and O–H groups in total. The minimum Gasteiger partial charge on any atom is -0.389 e. The van der Waals surface area contributed by atoms with Gasteiger partial charge in [0.05, 0.1) is 6.10 Å². The van der Waals surface area contributed by atoms with E-state index in [0.29, 0.717) is 11.8 Å². The number of hydrogen-bond acceptors (Lipinski definition) is 3. The molecule has 0 aromatic rings. The summed E-state index contributed by atoms with van der Waals surface area (Å²) in [5.74, 6) is 1.37. The number of rotatable bonds is 1. The molecule has 1 saturated carbocycles. The average molecular weight is 252 g/mol. The van der Waals surface area contributed by atoms with Crippen LogP contribution >= 0.6 is 0 Å². The van der Waals surface area contributed by atoms with E-state index in [2.05, 4.69) is 39.8 Å². The lowest BCUT2D eigenvalue weighted by Gasteiger charge is -2.40. The van der Waals surface area contributed by atoms with E-state index >= 15 is 0 Å². The van der Waals surface area contributed by atoms with E-state index in [-0.39, 0.29) is 17.4 Å². The van der Waals surface area contributed by atoms with Crippen molar-refractivity contribution in [1.29, 1.82) is 0 Å². The van der Waals surface area contributed by atoms with Crippen molar-refractivity contribution in [3.63, 3.8) is 0 Å². The van der Waals surface area contributed by atoms with Gasteiger partial charge in [-0.3, -0.25) is 0 Å². The maximum atomic E-state index is 10.9. The third-order valence-corrected chi connectivity index (χ3v) is 5.56. The molecule has 2 aliphatic carbocycles. The molecule has 2 aliphatic heterocycles. The maximum Gasteiger partial charge on any atom is 0.150 e. The van der Waals surface area contributed by atoms with Crippen LogP contribution in [0.15, 0.2) is 12.2 Å². The van der Waals surface area contributed by atoms with E-state index in [1.807, 2.05) is 0 Å². The van der Waals surface area contributed by atoms with Crippen molar-refractivity contribution >= 4 is 0 Å². The van der Waals surface area contributed by atoms with Crippen LogP contribution in [-0.2, 0) is 9.78 Å². The molecule has 0 unspecified atom stereocenters. The number of aliphatic hydroxyl groups is 1. The van der Waals surface area contributed by atoms with Crippen LogP contribution in [0.5, 0.6) is 0 Å². The second kappa shape index (κ2) is 3.81. The molecule has 0 radical (unpaired) electrons. The molecule has 6 atom stereocenters. The van der Waals surface area contributed by atoms with Crippen LogP contribution in [0, 0.1) is 23.7 Å². The summed E-state index contributed by atoms with van der Waals surface area (Å²) in [7, 11) is 0. The SMILES string of the molecule is CC(C)[C@]12C=C[C@](C)(OO1)[C@@H]1CC[C@@H](C)[C@H]1[C@@H]2O. The molecule has 3 heteroatoms. The summed E-state index contributed by atoms with van der Waals surface area (Å²) in [6.45, 7) is 8.50. The normalized spacial score (nSPS) is 54.8. The van der Waals surface area contributed by atoms with E-state index < -0.39 is 11.7 Å². The van der Waals surface area contributed by atoms with Gasteiger partial charge in [0.2, 0.25) is 0 Å². The van der Waals surface area contributed by atoms with Gasteiger partial charge < -0.3 is 5.11 Å². The predicted octanol–water partition coefficient (Wildman–Crippen LogP) is 2.69. The van der Waals surface area contributed by atoms with Gasteiger partial charge in [0, 0.05) is 5.92 Å². The zero-order chi connectivity index (χ0) is 13.1. The van der Waals surface area contributed by atoms with Crippen molar-refractivity contribution in [1.82, 2.24) is 0 Å². The van der Waals surface area contributed by atoms with Crippen molar-refractivity contribution in [3.05, 3.63) is 12.2 Å². The van der Waals surface area contributed by atoms with Gasteiger partial charge in [-0.15, -0.1) is 0 Å². The van der Waals surface area contributed by atoms with Crippen LogP contribution < -0.4 is 0 Å². The standard InChI is InChI=1S/C15H24O3/c1-9(2)15-8-7-14(4,17-18-15)11-6-5-10(3)12(11)13(15)16/h7-13,16H,5-6H2,1-4H3/t10-,11-,12-,13+,14+,15+/m1/s1. The summed E-state index contributed by atoms with van der Waals surface area (Å²) >= 11 is 0. The van der Waals surface area contributed by atoms with E-state index in [4.69, 9.17) is 9.78 Å². The first-order valence-corrected chi connectivity index (χ1v) is 7.16. The lowest BCUT2D eigenvalue weighted by molar-refractivity contribution is -0.412. The molecule has 3 nitrogen and oxygen atoms in total. The Balaban J connectivity index is 2.10. The van der Waals surface area contributed by atoms with Crippen LogP contribution in [0.3, 0.4) is 0 Å². The van der Waals surface area contributed by atoms with Crippen LogP contribution in [0.2, 0.25) is 0 Å². The maximum absolute atomic E-state index is 10.9. The van der Waals surface area contributed by atoms with Crippen LogP contribution in [-0.4, -0.2) is 22.4 Å². The van der Waals surface area contributed by atoms with E-state index in [0.717, 1.165) is 6.42 Å². The minimum absolute atomic E-state index is 0.194. The summed E-state index contributed by atoms with van der Waals surface area (Å²) < 4.78 is 0. The van der Waals surface area contributed by atoms with E-state index in [9.17, 15) is 5.11 Å². The Morgan fingerprint density at radius 3 is 2.50 bits per heavy atom. The first-order valence-electron chi connectivity index (χ1n) is 7.16. The highest BCUT2D eigenvalue weighted by atomic mass is 17.2. The highest BCUT2D eigenvalue weighted by Gasteiger charge is 2.61. The topological polar surface area (TPSA) is 38.7 Å². The molecule has 0 amide bonds. The van der Waals surface area contributed by atoms with Gasteiger partial charge in [0.1, 0.15) is 11.2 Å². The van der Waals surface area contributed by atoms with E-state index in [1.165, 1.54) is 6.42 Å². The van der Waals surface area contributed by atoms with Gasteiger partial charge in [0.25, 0.3) is 0 Å². The second-order valence-electron chi connectivity index (χ2n) is 6.88.